The van der Waals surface area contributed by atoms with Crippen LogP contribution in [-0.4, -0.2) is 9.97 Å². The van der Waals surface area contributed by atoms with E-state index in [1.54, 1.807) is 0 Å². The molecule has 2 aromatic heterocycles. The molecular formula is C18H19N3. The minimum atomic E-state index is -0.0564. The summed E-state index contributed by atoms with van der Waals surface area (Å²) < 4.78 is 0. The number of pyridine rings is 2. The molecule has 0 spiro atoms. The first-order chi connectivity index (χ1) is 10.1. The van der Waals surface area contributed by atoms with Gasteiger partial charge in [-0.1, -0.05) is 24.3 Å². The molecule has 0 aliphatic heterocycles. The molecule has 1 unspecified atom stereocenters. The fraction of sp³-hybridized carbons (Fsp3) is 0.222. The summed E-state index contributed by atoms with van der Waals surface area (Å²) in [5.74, 6) is 0. The highest BCUT2D eigenvalue weighted by Crippen LogP contribution is 2.19. The summed E-state index contributed by atoms with van der Waals surface area (Å²) in [7, 11) is 0. The van der Waals surface area contributed by atoms with Crippen molar-refractivity contribution in [3.63, 3.8) is 0 Å². The SMILES string of the molecule is Cc1cc(C(N)Cc2ccc3ccccc3n2)cc(C)n1. The Morgan fingerprint density at radius 1 is 0.952 bits per heavy atom. The number of aromatic nitrogens is 2. The average Bonchev–Trinajstić information content (AvgIpc) is 2.46. The van der Waals surface area contributed by atoms with Crippen molar-refractivity contribution in [2.45, 2.75) is 26.3 Å². The summed E-state index contributed by atoms with van der Waals surface area (Å²) in [5, 5.41) is 1.16. The maximum Gasteiger partial charge on any atom is 0.0705 e. The minimum Gasteiger partial charge on any atom is -0.324 e. The summed E-state index contributed by atoms with van der Waals surface area (Å²) >= 11 is 0. The van der Waals surface area contributed by atoms with Crippen molar-refractivity contribution in [3.8, 4) is 0 Å². The zero-order chi connectivity index (χ0) is 14.8. The third-order valence-corrected chi connectivity index (χ3v) is 3.62. The zero-order valence-electron chi connectivity index (χ0n) is 12.4. The normalized spacial score (nSPS) is 12.5. The number of aryl methyl sites for hydroxylation is 2. The van der Waals surface area contributed by atoms with Gasteiger partial charge >= 0.3 is 0 Å². The van der Waals surface area contributed by atoms with E-state index in [0.717, 1.165) is 40.0 Å². The number of benzene rings is 1. The van der Waals surface area contributed by atoms with Crippen LogP contribution in [0.2, 0.25) is 0 Å². The molecule has 1 aromatic carbocycles. The molecule has 0 saturated carbocycles. The Morgan fingerprint density at radius 3 is 2.43 bits per heavy atom. The number of fused-ring (bicyclic) bond motifs is 1. The first-order valence-electron chi connectivity index (χ1n) is 7.17. The van der Waals surface area contributed by atoms with Crippen molar-refractivity contribution in [2.24, 2.45) is 5.73 Å². The summed E-state index contributed by atoms with van der Waals surface area (Å²) in [6, 6.07) is 16.4. The second kappa shape index (κ2) is 5.62. The maximum absolute atomic E-state index is 6.34. The Morgan fingerprint density at radius 2 is 1.67 bits per heavy atom. The molecule has 0 fully saturated rings. The smallest absolute Gasteiger partial charge is 0.0705 e. The monoisotopic (exact) mass is 277 g/mol. The molecule has 2 N–H and O–H groups in total. The first kappa shape index (κ1) is 13.7. The largest absolute Gasteiger partial charge is 0.324 e. The average molecular weight is 277 g/mol. The zero-order valence-corrected chi connectivity index (χ0v) is 12.4. The Labute approximate surface area is 124 Å². The van der Waals surface area contributed by atoms with E-state index in [9.17, 15) is 0 Å². The van der Waals surface area contributed by atoms with Crippen LogP contribution in [0.1, 0.15) is 28.7 Å². The molecule has 0 amide bonds. The molecule has 3 aromatic rings. The number of hydrogen-bond donors (Lipinski definition) is 1. The predicted octanol–water partition coefficient (Wildman–Crippen LogP) is 3.49. The molecule has 3 heteroatoms. The van der Waals surface area contributed by atoms with Gasteiger partial charge in [-0.3, -0.25) is 9.97 Å². The molecule has 3 rings (SSSR count). The molecule has 2 heterocycles. The van der Waals surface area contributed by atoms with Gasteiger partial charge in [0.25, 0.3) is 0 Å². The third kappa shape index (κ3) is 3.09. The number of para-hydroxylation sites is 1. The fourth-order valence-electron chi connectivity index (χ4n) is 2.65. The van der Waals surface area contributed by atoms with E-state index in [2.05, 4.69) is 40.3 Å². The van der Waals surface area contributed by atoms with Gasteiger partial charge in [-0.15, -0.1) is 0 Å². The fourth-order valence-corrected chi connectivity index (χ4v) is 2.65. The third-order valence-electron chi connectivity index (χ3n) is 3.62. The van der Waals surface area contributed by atoms with Crippen LogP contribution in [-0.2, 0) is 6.42 Å². The van der Waals surface area contributed by atoms with Crippen molar-refractivity contribution in [1.29, 1.82) is 0 Å². The lowest BCUT2D eigenvalue weighted by Crippen LogP contribution is -2.15. The lowest BCUT2D eigenvalue weighted by molar-refractivity contribution is 0.705. The molecule has 0 saturated heterocycles. The van der Waals surface area contributed by atoms with Gasteiger partial charge < -0.3 is 5.73 Å². The van der Waals surface area contributed by atoms with Gasteiger partial charge in [0, 0.05) is 34.9 Å². The van der Waals surface area contributed by atoms with Crippen molar-refractivity contribution in [2.75, 3.05) is 0 Å². The van der Waals surface area contributed by atoms with Gasteiger partial charge in [-0.05, 0) is 43.7 Å². The molecule has 3 nitrogen and oxygen atoms in total. The van der Waals surface area contributed by atoms with Gasteiger partial charge in [0.05, 0.1) is 5.52 Å². The van der Waals surface area contributed by atoms with E-state index in [4.69, 9.17) is 5.73 Å². The Balaban J connectivity index is 1.86. The van der Waals surface area contributed by atoms with E-state index < -0.39 is 0 Å². The predicted molar refractivity (Wildman–Crippen MR) is 86.1 cm³/mol. The molecule has 0 radical (unpaired) electrons. The summed E-state index contributed by atoms with van der Waals surface area (Å²) in [5.41, 5.74) is 11.5. The molecule has 1 atom stereocenters. The highest BCUT2D eigenvalue weighted by Gasteiger charge is 2.10. The van der Waals surface area contributed by atoms with Crippen molar-refractivity contribution in [1.82, 2.24) is 9.97 Å². The van der Waals surface area contributed by atoms with E-state index in [-0.39, 0.29) is 6.04 Å². The van der Waals surface area contributed by atoms with E-state index >= 15 is 0 Å². The van der Waals surface area contributed by atoms with Crippen LogP contribution >= 0.6 is 0 Å². The quantitative estimate of drug-likeness (QED) is 0.797. The van der Waals surface area contributed by atoms with Crippen LogP contribution in [0.15, 0.2) is 48.5 Å². The number of nitrogens with two attached hydrogens (primary N) is 1. The van der Waals surface area contributed by atoms with Crippen LogP contribution in [0.5, 0.6) is 0 Å². The minimum absolute atomic E-state index is 0.0564. The van der Waals surface area contributed by atoms with Crippen LogP contribution in [0.25, 0.3) is 10.9 Å². The van der Waals surface area contributed by atoms with E-state index in [1.165, 1.54) is 0 Å². The lowest BCUT2D eigenvalue weighted by atomic mass is 10.0. The Bertz CT molecular complexity index is 760. The number of hydrogen-bond acceptors (Lipinski definition) is 3. The van der Waals surface area contributed by atoms with Crippen LogP contribution < -0.4 is 5.73 Å². The maximum atomic E-state index is 6.34. The number of nitrogens with zero attached hydrogens (tertiary/aromatic N) is 2. The second-order valence-corrected chi connectivity index (χ2v) is 5.49. The molecule has 0 aliphatic rings. The van der Waals surface area contributed by atoms with Crippen LogP contribution in [0.4, 0.5) is 0 Å². The van der Waals surface area contributed by atoms with Gasteiger partial charge in [0.1, 0.15) is 0 Å². The molecule has 0 aliphatic carbocycles. The standard InChI is InChI=1S/C18H19N3/c1-12-9-15(10-13(2)20-12)17(19)11-16-8-7-14-5-3-4-6-18(14)21-16/h3-10,17H,11,19H2,1-2H3. The van der Waals surface area contributed by atoms with Crippen LogP contribution in [0.3, 0.4) is 0 Å². The summed E-state index contributed by atoms with van der Waals surface area (Å²) in [4.78, 5) is 9.08. The Hall–Kier alpha value is -2.26. The highest BCUT2D eigenvalue weighted by atomic mass is 14.7. The number of rotatable bonds is 3. The summed E-state index contributed by atoms with van der Waals surface area (Å²) in [6.45, 7) is 4.00. The van der Waals surface area contributed by atoms with Gasteiger partial charge in [-0.2, -0.15) is 0 Å². The molecular weight excluding hydrogens is 258 g/mol. The second-order valence-electron chi connectivity index (χ2n) is 5.49. The topological polar surface area (TPSA) is 51.8 Å². The molecule has 0 bridgehead atoms. The van der Waals surface area contributed by atoms with Crippen LogP contribution in [0, 0.1) is 13.8 Å². The van der Waals surface area contributed by atoms with Crippen molar-refractivity contribution >= 4 is 10.9 Å². The lowest BCUT2D eigenvalue weighted by Gasteiger charge is -2.13. The van der Waals surface area contributed by atoms with Gasteiger partial charge in [0.2, 0.25) is 0 Å². The molecule has 21 heavy (non-hydrogen) atoms. The van der Waals surface area contributed by atoms with Crippen molar-refractivity contribution in [3.05, 3.63) is 71.2 Å². The van der Waals surface area contributed by atoms with Gasteiger partial charge in [-0.25, -0.2) is 0 Å². The van der Waals surface area contributed by atoms with Crippen molar-refractivity contribution < 1.29 is 0 Å². The van der Waals surface area contributed by atoms with Gasteiger partial charge in [0.15, 0.2) is 0 Å². The molecule has 106 valence electrons. The summed E-state index contributed by atoms with van der Waals surface area (Å²) in [6.07, 6.45) is 0.730. The van der Waals surface area contributed by atoms with E-state index in [0.29, 0.717) is 0 Å². The highest BCUT2D eigenvalue weighted by molar-refractivity contribution is 5.78. The Kier molecular flexibility index (Phi) is 3.67. The first-order valence-corrected chi connectivity index (χ1v) is 7.17. The van der Waals surface area contributed by atoms with E-state index in [1.807, 2.05) is 32.0 Å².